The van der Waals surface area contributed by atoms with Crippen molar-refractivity contribution in [1.82, 2.24) is 0 Å². The van der Waals surface area contributed by atoms with E-state index in [0.29, 0.717) is 12.5 Å². The molecule has 52 valence electrons. The van der Waals surface area contributed by atoms with Crippen LogP contribution >= 0.6 is 12.4 Å². The summed E-state index contributed by atoms with van der Waals surface area (Å²) in [5.74, 6) is 0.505. The van der Waals surface area contributed by atoms with Crippen molar-refractivity contribution in [1.29, 1.82) is 0 Å². The predicted octanol–water partition coefficient (Wildman–Crippen LogP) is 1.84. The molecule has 0 spiro atoms. The van der Waals surface area contributed by atoms with Gasteiger partial charge in [0.25, 0.3) is 0 Å². The van der Waals surface area contributed by atoms with Crippen molar-refractivity contribution < 1.29 is 5.11 Å². The summed E-state index contributed by atoms with van der Waals surface area (Å²) in [7, 11) is 0. The minimum atomic E-state index is 0. The van der Waals surface area contributed by atoms with Gasteiger partial charge in [0.05, 0.1) is 0 Å². The molecule has 8 heavy (non-hydrogen) atoms. The molecular formula is C6H15ClO. The highest BCUT2D eigenvalue weighted by Gasteiger charge is 1.93. The lowest BCUT2D eigenvalue weighted by atomic mass is 10.1. The van der Waals surface area contributed by atoms with Crippen LogP contribution in [-0.4, -0.2) is 11.7 Å². The maximum atomic E-state index is 8.47. The van der Waals surface area contributed by atoms with E-state index in [-0.39, 0.29) is 12.4 Å². The average molecular weight is 139 g/mol. The van der Waals surface area contributed by atoms with Crippen molar-refractivity contribution in [3.63, 3.8) is 0 Å². The van der Waals surface area contributed by atoms with Crippen molar-refractivity contribution in [3.8, 4) is 0 Å². The number of aliphatic hydroxyl groups is 1. The van der Waals surface area contributed by atoms with Gasteiger partial charge in [0, 0.05) is 6.61 Å². The normalized spacial score (nSPS) is 12.4. The van der Waals surface area contributed by atoms with Crippen LogP contribution in [0, 0.1) is 5.92 Å². The quantitative estimate of drug-likeness (QED) is 0.631. The predicted molar refractivity (Wildman–Crippen MR) is 38.4 cm³/mol. The minimum Gasteiger partial charge on any atom is -0.396 e. The molecule has 0 aromatic heterocycles. The zero-order valence-electron chi connectivity index (χ0n) is 5.55. The zero-order valence-corrected chi connectivity index (χ0v) is 6.37. The van der Waals surface area contributed by atoms with E-state index in [0.717, 1.165) is 6.42 Å². The Labute approximate surface area is 57.5 Å². The molecule has 1 N–H and O–H groups in total. The van der Waals surface area contributed by atoms with Crippen LogP contribution in [0.25, 0.3) is 0 Å². The molecule has 0 saturated heterocycles. The van der Waals surface area contributed by atoms with E-state index < -0.39 is 0 Å². The third kappa shape index (κ3) is 6.25. The SMILES string of the molecule is CCCC(C)CO.Cl. The van der Waals surface area contributed by atoms with E-state index in [9.17, 15) is 0 Å². The molecule has 0 saturated carbocycles. The fourth-order valence-corrected chi connectivity index (χ4v) is 0.584. The van der Waals surface area contributed by atoms with Crippen molar-refractivity contribution in [3.05, 3.63) is 0 Å². The van der Waals surface area contributed by atoms with Crippen molar-refractivity contribution >= 4 is 12.4 Å². The Bertz CT molecular complexity index is 39.5. The minimum absolute atomic E-state index is 0. The summed E-state index contributed by atoms with van der Waals surface area (Å²) < 4.78 is 0. The lowest BCUT2D eigenvalue weighted by Crippen LogP contribution is -1.98. The number of rotatable bonds is 3. The highest BCUT2D eigenvalue weighted by atomic mass is 35.5. The molecule has 0 aliphatic heterocycles. The summed E-state index contributed by atoms with van der Waals surface area (Å²) in [6.07, 6.45) is 2.33. The van der Waals surface area contributed by atoms with Crippen LogP contribution in [0.4, 0.5) is 0 Å². The van der Waals surface area contributed by atoms with Crippen LogP contribution in [0.2, 0.25) is 0 Å². The van der Waals surface area contributed by atoms with Gasteiger partial charge in [-0.05, 0) is 12.3 Å². The van der Waals surface area contributed by atoms with Crippen LogP contribution < -0.4 is 0 Å². The van der Waals surface area contributed by atoms with Crippen LogP contribution in [0.1, 0.15) is 26.7 Å². The van der Waals surface area contributed by atoms with Gasteiger partial charge in [-0.1, -0.05) is 20.3 Å². The summed E-state index contributed by atoms with van der Waals surface area (Å²) >= 11 is 0. The van der Waals surface area contributed by atoms with Crippen molar-refractivity contribution in [2.45, 2.75) is 26.7 Å². The third-order valence-corrected chi connectivity index (χ3v) is 1.09. The van der Waals surface area contributed by atoms with Gasteiger partial charge in [0.1, 0.15) is 0 Å². The first-order valence-electron chi connectivity index (χ1n) is 2.92. The molecule has 0 heterocycles. The summed E-state index contributed by atoms with van der Waals surface area (Å²) in [4.78, 5) is 0. The van der Waals surface area contributed by atoms with Crippen LogP contribution in [-0.2, 0) is 0 Å². The van der Waals surface area contributed by atoms with Crippen molar-refractivity contribution in [2.24, 2.45) is 5.92 Å². The van der Waals surface area contributed by atoms with Gasteiger partial charge in [-0.15, -0.1) is 12.4 Å². The van der Waals surface area contributed by atoms with Gasteiger partial charge >= 0.3 is 0 Å². The van der Waals surface area contributed by atoms with E-state index in [4.69, 9.17) is 5.11 Å². The number of hydrogen-bond acceptors (Lipinski definition) is 1. The molecule has 1 nitrogen and oxygen atoms in total. The van der Waals surface area contributed by atoms with Gasteiger partial charge in [-0.25, -0.2) is 0 Å². The van der Waals surface area contributed by atoms with E-state index in [1.165, 1.54) is 6.42 Å². The Morgan fingerprint density at radius 2 is 2.00 bits per heavy atom. The smallest absolute Gasteiger partial charge is 0.0456 e. The molecule has 2 heteroatoms. The molecule has 0 aliphatic carbocycles. The Morgan fingerprint density at radius 1 is 1.50 bits per heavy atom. The van der Waals surface area contributed by atoms with E-state index in [2.05, 4.69) is 13.8 Å². The topological polar surface area (TPSA) is 20.2 Å². The molecular weight excluding hydrogens is 124 g/mol. The van der Waals surface area contributed by atoms with E-state index >= 15 is 0 Å². The summed E-state index contributed by atoms with van der Waals surface area (Å²) in [5, 5.41) is 8.47. The van der Waals surface area contributed by atoms with Crippen LogP contribution in [0.5, 0.6) is 0 Å². The lowest BCUT2D eigenvalue weighted by Gasteiger charge is -2.01. The maximum Gasteiger partial charge on any atom is 0.0456 e. The maximum absolute atomic E-state index is 8.47. The standard InChI is InChI=1S/C6H14O.ClH/c1-3-4-6(2)5-7;/h6-7H,3-5H2,1-2H3;1H. The fraction of sp³-hybridized carbons (Fsp3) is 1.00. The first-order chi connectivity index (χ1) is 3.31. The molecule has 0 fully saturated rings. The molecule has 0 bridgehead atoms. The Kier molecular flexibility index (Phi) is 10.1. The summed E-state index contributed by atoms with van der Waals surface area (Å²) in [6, 6.07) is 0. The second-order valence-electron chi connectivity index (χ2n) is 2.08. The molecule has 1 unspecified atom stereocenters. The highest BCUT2D eigenvalue weighted by Crippen LogP contribution is 2.01. The van der Waals surface area contributed by atoms with E-state index in [1.807, 2.05) is 0 Å². The highest BCUT2D eigenvalue weighted by molar-refractivity contribution is 5.85. The van der Waals surface area contributed by atoms with Gasteiger partial charge in [0.15, 0.2) is 0 Å². The van der Waals surface area contributed by atoms with Gasteiger partial charge in [0.2, 0.25) is 0 Å². The van der Waals surface area contributed by atoms with Gasteiger partial charge < -0.3 is 5.11 Å². The van der Waals surface area contributed by atoms with Gasteiger partial charge in [-0.3, -0.25) is 0 Å². The number of aliphatic hydroxyl groups excluding tert-OH is 1. The largest absolute Gasteiger partial charge is 0.396 e. The fourth-order valence-electron chi connectivity index (χ4n) is 0.584. The summed E-state index contributed by atoms with van der Waals surface area (Å²) in [6.45, 7) is 4.53. The molecule has 1 atom stereocenters. The molecule has 0 radical (unpaired) electrons. The first kappa shape index (κ1) is 11.1. The zero-order chi connectivity index (χ0) is 5.70. The van der Waals surface area contributed by atoms with Gasteiger partial charge in [-0.2, -0.15) is 0 Å². The second kappa shape index (κ2) is 7.25. The Morgan fingerprint density at radius 3 is 2.12 bits per heavy atom. The van der Waals surface area contributed by atoms with Crippen molar-refractivity contribution in [2.75, 3.05) is 6.61 Å². The molecule has 0 rings (SSSR count). The number of hydrogen-bond donors (Lipinski definition) is 1. The van der Waals surface area contributed by atoms with Crippen LogP contribution in [0.3, 0.4) is 0 Å². The monoisotopic (exact) mass is 138 g/mol. The Hall–Kier alpha value is 0.250. The molecule has 0 aliphatic rings. The van der Waals surface area contributed by atoms with E-state index in [1.54, 1.807) is 0 Å². The lowest BCUT2D eigenvalue weighted by molar-refractivity contribution is 0.229. The third-order valence-electron chi connectivity index (χ3n) is 1.09. The average Bonchev–Trinajstić information content (AvgIpc) is 1.68. The number of halogens is 1. The molecule has 0 aromatic carbocycles. The summed E-state index contributed by atoms with van der Waals surface area (Å²) in [5.41, 5.74) is 0. The first-order valence-corrected chi connectivity index (χ1v) is 2.92. The van der Waals surface area contributed by atoms with Crippen LogP contribution in [0.15, 0.2) is 0 Å². The molecule has 0 aromatic rings. The Balaban J connectivity index is 0. The second-order valence-corrected chi connectivity index (χ2v) is 2.08. The molecule has 0 amide bonds.